The van der Waals surface area contributed by atoms with Crippen LogP contribution in [0.3, 0.4) is 0 Å². The number of guanidine groups is 1. The lowest BCUT2D eigenvalue weighted by Crippen LogP contribution is -2.38. The van der Waals surface area contributed by atoms with Gasteiger partial charge < -0.3 is 15.0 Å². The zero-order valence-corrected chi connectivity index (χ0v) is 15.9. The maximum absolute atomic E-state index is 5.40. The normalized spacial score (nSPS) is 10.8. The smallest absolute Gasteiger partial charge is 0.193 e. The number of methoxy groups -OCH3 is 1. The summed E-state index contributed by atoms with van der Waals surface area (Å²) >= 11 is 0. The molecule has 0 spiro atoms. The maximum Gasteiger partial charge on any atom is 0.193 e. The van der Waals surface area contributed by atoms with Gasteiger partial charge in [0.2, 0.25) is 0 Å². The average molecular weight is 405 g/mol. The summed E-state index contributed by atoms with van der Waals surface area (Å²) in [6, 6.07) is 8.10. The van der Waals surface area contributed by atoms with Crippen LogP contribution in [0.2, 0.25) is 0 Å². The van der Waals surface area contributed by atoms with Gasteiger partial charge in [-0.1, -0.05) is 31.5 Å². The monoisotopic (exact) mass is 405 g/mol. The van der Waals surface area contributed by atoms with Gasteiger partial charge >= 0.3 is 0 Å². The number of benzene rings is 1. The quantitative estimate of drug-likeness (QED) is 0.327. The summed E-state index contributed by atoms with van der Waals surface area (Å²) in [5, 5.41) is 3.33. The number of para-hydroxylation sites is 1. The van der Waals surface area contributed by atoms with Crippen LogP contribution >= 0.6 is 24.0 Å². The topological polar surface area (TPSA) is 36.9 Å². The van der Waals surface area contributed by atoms with E-state index in [9.17, 15) is 0 Å². The van der Waals surface area contributed by atoms with Crippen molar-refractivity contribution in [3.05, 3.63) is 29.8 Å². The van der Waals surface area contributed by atoms with Gasteiger partial charge in [-0.15, -0.1) is 24.0 Å². The second kappa shape index (κ2) is 11.7. The van der Waals surface area contributed by atoms with Crippen LogP contribution in [-0.2, 0) is 6.54 Å². The van der Waals surface area contributed by atoms with Crippen LogP contribution in [0.4, 0.5) is 0 Å². The minimum absolute atomic E-state index is 0. The largest absolute Gasteiger partial charge is 0.496 e. The van der Waals surface area contributed by atoms with Crippen LogP contribution in [-0.4, -0.2) is 38.1 Å². The third kappa shape index (κ3) is 7.02. The summed E-state index contributed by atoms with van der Waals surface area (Å²) in [5.41, 5.74) is 1.17. The minimum Gasteiger partial charge on any atom is -0.496 e. The van der Waals surface area contributed by atoms with E-state index in [0.717, 1.165) is 37.8 Å². The van der Waals surface area contributed by atoms with Gasteiger partial charge in [0, 0.05) is 32.2 Å². The molecule has 0 heterocycles. The first kappa shape index (κ1) is 20.0. The van der Waals surface area contributed by atoms with Crippen molar-refractivity contribution in [2.24, 2.45) is 4.99 Å². The van der Waals surface area contributed by atoms with Gasteiger partial charge in [-0.3, -0.25) is 4.99 Å². The van der Waals surface area contributed by atoms with Gasteiger partial charge in [-0.25, -0.2) is 0 Å². The van der Waals surface area contributed by atoms with Gasteiger partial charge in [-0.2, -0.15) is 0 Å². The predicted molar refractivity (Wildman–Crippen MR) is 101 cm³/mol. The Kier molecular flexibility index (Phi) is 11.1. The SMILES string of the molecule is CCCCN=C(NCC)N(C)Cc1ccccc1OC.I. The molecule has 1 N–H and O–H groups in total. The van der Waals surface area contributed by atoms with E-state index in [0.29, 0.717) is 0 Å². The number of halogens is 1. The van der Waals surface area contributed by atoms with Gasteiger partial charge in [0.05, 0.1) is 7.11 Å². The Hall–Kier alpha value is -0.980. The summed E-state index contributed by atoms with van der Waals surface area (Å²) in [5.74, 6) is 1.87. The molecule has 0 aliphatic heterocycles. The maximum atomic E-state index is 5.40. The second-order valence-electron chi connectivity index (χ2n) is 4.76. The van der Waals surface area contributed by atoms with Crippen molar-refractivity contribution >= 4 is 29.9 Å². The van der Waals surface area contributed by atoms with E-state index in [1.165, 1.54) is 12.0 Å². The van der Waals surface area contributed by atoms with Gasteiger partial charge in [0.15, 0.2) is 5.96 Å². The second-order valence-corrected chi connectivity index (χ2v) is 4.76. The molecule has 120 valence electrons. The van der Waals surface area contributed by atoms with Gasteiger partial charge in [0.25, 0.3) is 0 Å². The Labute approximate surface area is 146 Å². The number of nitrogens with one attached hydrogen (secondary N) is 1. The third-order valence-electron chi connectivity index (χ3n) is 3.07. The Morgan fingerprint density at radius 1 is 1.29 bits per heavy atom. The van der Waals surface area contributed by atoms with E-state index in [1.54, 1.807) is 7.11 Å². The van der Waals surface area contributed by atoms with Crippen LogP contribution in [0, 0.1) is 0 Å². The molecule has 21 heavy (non-hydrogen) atoms. The van der Waals surface area contributed by atoms with E-state index < -0.39 is 0 Å². The molecule has 0 fully saturated rings. The molecule has 0 aromatic heterocycles. The number of unbranched alkanes of at least 4 members (excludes halogenated alkanes) is 1. The molecule has 1 rings (SSSR count). The number of nitrogens with zero attached hydrogens (tertiary/aromatic N) is 2. The Balaban J connectivity index is 0.00000400. The van der Waals surface area contributed by atoms with Crippen molar-refractivity contribution in [1.29, 1.82) is 0 Å². The molecule has 0 amide bonds. The summed E-state index contributed by atoms with van der Waals surface area (Å²) in [6.45, 7) is 6.80. The zero-order valence-electron chi connectivity index (χ0n) is 13.6. The molecule has 0 aliphatic rings. The van der Waals surface area contributed by atoms with Crippen molar-refractivity contribution in [2.75, 3.05) is 27.2 Å². The lowest BCUT2D eigenvalue weighted by Gasteiger charge is -2.23. The lowest BCUT2D eigenvalue weighted by molar-refractivity contribution is 0.396. The van der Waals surface area contributed by atoms with Crippen molar-refractivity contribution in [3.8, 4) is 5.75 Å². The van der Waals surface area contributed by atoms with Gasteiger partial charge in [0.1, 0.15) is 5.75 Å². The van der Waals surface area contributed by atoms with E-state index in [4.69, 9.17) is 4.74 Å². The summed E-state index contributed by atoms with van der Waals surface area (Å²) < 4.78 is 5.40. The highest BCUT2D eigenvalue weighted by Gasteiger charge is 2.09. The van der Waals surface area contributed by atoms with Gasteiger partial charge in [-0.05, 0) is 19.4 Å². The molecule has 0 atom stereocenters. The molecule has 1 aromatic carbocycles. The van der Waals surface area contributed by atoms with E-state index in [-0.39, 0.29) is 24.0 Å². The molecule has 0 aliphatic carbocycles. The van der Waals surface area contributed by atoms with Crippen LogP contribution in [0.25, 0.3) is 0 Å². The number of hydrogen-bond acceptors (Lipinski definition) is 2. The minimum atomic E-state index is 0. The molecule has 4 nitrogen and oxygen atoms in total. The first-order valence-corrected chi connectivity index (χ1v) is 7.34. The molecular formula is C16H28IN3O. The summed E-state index contributed by atoms with van der Waals surface area (Å²) in [6.07, 6.45) is 2.29. The van der Waals surface area contributed by atoms with Crippen molar-refractivity contribution < 1.29 is 4.74 Å². The highest BCUT2D eigenvalue weighted by molar-refractivity contribution is 14.0. The third-order valence-corrected chi connectivity index (χ3v) is 3.07. The zero-order chi connectivity index (χ0) is 14.8. The molecule has 0 unspecified atom stereocenters. The van der Waals surface area contributed by atoms with Crippen molar-refractivity contribution in [2.45, 2.75) is 33.2 Å². The summed E-state index contributed by atoms with van der Waals surface area (Å²) in [4.78, 5) is 6.78. The predicted octanol–water partition coefficient (Wildman–Crippen LogP) is 3.51. The van der Waals surface area contributed by atoms with E-state index in [1.807, 2.05) is 18.2 Å². The molecule has 0 saturated carbocycles. The standard InChI is InChI=1S/C16H27N3O.HI/c1-5-7-12-18-16(17-6-2)19(3)13-14-10-8-9-11-15(14)20-4;/h8-11H,5-7,12-13H2,1-4H3,(H,17,18);1H. The molecule has 0 saturated heterocycles. The van der Waals surface area contributed by atoms with E-state index in [2.05, 4.69) is 42.2 Å². The first-order valence-electron chi connectivity index (χ1n) is 7.34. The number of hydrogen-bond donors (Lipinski definition) is 1. The molecule has 1 aromatic rings. The molecular weight excluding hydrogens is 377 g/mol. The van der Waals surface area contributed by atoms with Crippen LogP contribution < -0.4 is 10.1 Å². The average Bonchev–Trinajstić information content (AvgIpc) is 2.47. The fourth-order valence-corrected chi connectivity index (χ4v) is 1.98. The fourth-order valence-electron chi connectivity index (χ4n) is 1.98. The molecule has 5 heteroatoms. The molecule has 0 radical (unpaired) electrons. The number of aliphatic imine (C=N–C) groups is 1. The highest BCUT2D eigenvalue weighted by atomic mass is 127. The summed E-state index contributed by atoms with van der Waals surface area (Å²) in [7, 11) is 3.76. The Bertz CT molecular complexity index is 424. The Morgan fingerprint density at radius 2 is 2.00 bits per heavy atom. The molecule has 0 bridgehead atoms. The number of rotatable bonds is 7. The number of ether oxygens (including phenoxy) is 1. The lowest BCUT2D eigenvalue weighted by atomic mass is 10.2. The van der Waals surface area contributed by atoms with Crippen LogP contribution in [0.5, 0.6) is 5.75 Å². The Morgan fingerprint density at radius 3 is 2.62 bits per heavy atom. The van der Waals surface area contributed by atoms with Crippen LogP contribution in [0.15, 0.2) is 29.3 Å². The first-order chi connectivity index (χ1) is 9.72. The van der Waals surface area contributed by atoms with Crippen molar-refractivity contribution in [1.82, 2.24) is 10.2 Å². The van der Waals surface area contributed by atoms with Crippen LogP contribution in [0.1, 0.15) is 32.3 Å². The van der Waals surface area contributed by atoms with E-state index >= 15 is 0 Å². The van der Waals surface area contributed by atoms with Crippen molar-refractivity contribution in [3.63, 3.8) is 0 Å². The highest BCUT2D eigenvalue weighted by Crippen LogP contribution is 2.18. The fraction of sp³-hybridized carbons (Fsp3) is 0.562.